The summed E-state index contributed by atoms with van der Waals surface area (Å²) in [5.74, 6) is 0. The van der Waals surface area contributed by atoms with Crippen molar-refractivity contribution in [3.05, 3.63) is 51.1 Å². The molecule has 2 rings (SSSR count). The van der Waals surface area contributed by atoms with E-state index in [0.29, 0.717) is 11.4 Å². The smallest absolute Gasteiger partial charge is 0.263 e. The highest BCUT2D eigenvalue weighted by molar-refractivity contribution is 14.1. The first-order valence-electron chi connectivity index (χ1n) is 5.22. The summed E-state index contributed by atoms with van der Waals surface area (Å²) in [4.78, 5) is 0.00280. The zero-order chi connectivity index (χ0) is 14.0. The van der Waals surface area contributed by atoms with Crippen molar-refractivity contribution in [2.45, 2.75) is 4.90 Å². The summed E-state index contributed by atoms with van der Waals surface area (Å²) < 4.78 is 27.8. The summed E-state index contributed by atoms with van der Waals surface area (Å²) in [6, 6.07) is 11.4. The maximum Gasteiger partial charge on any atom is 0.263 e. The Morgan fingerprint density at radius 2 is 1.84 bits per heavy atom. The molecule has 3 N–H and O–H groups in total. The first kappa shape index (κ1) is 14.4. The van der Waals surface area contributed by atoms with Crippen LogP contribution in [0.4, 0.5) is 11.4 Å². The van der Waals surface area contributed by atoms with Crippen molar-refractivity contribution >= 4 is 55.6 Å². The molecule has 0 heterocycles. The van der Waals surface area contributed by atoms with Crippen LogP contribution in [-0.2, 0) is 10.0 Å². The number of benzene rings is 2. The number of hydrogen-bond acceptors (Lipinski definition) is 3. The molecule has 0 saturated carbocycles. The van der Waals surface area contributed by atoms with Gasteiger partial charge in [-0.05, 0) is 52.9 Å². The molecule has 7 heteroatoms. The zero-order valence-electron chi connectivity index (χ0n) is 9.60. The minimum absolute atomic E-state index is 0.00280. The van der Waals surface area contributed by atoms with Crippen LogP contribution in [0.15, 0.2) is 47.4 Å². The SMILES string of the molecule is Nc1ccc(S(=O)(=O)Nc2ccccc2I)c(Cl)c1. The molecule has 0 radical (unpaired) electrons. The fraction of sp³-hybridized carbons (Fsp3) is 0. The summed E-state index contributed by atoms with van der Waals surface area (Å²) in [6.45, 7) is 0. The van der Waals surface area contributed by atoms with E-state index in [4.69, 9.17) is 17.3 Å². The molecule has 2 aromatic carbocycles. The number of rotatable bonds is 3. The molecule has 4 nitrogen and oxygen atoms in total. The molecule has 0 aliphatic rings. The fourth-order valence-electron chi connectivity index (χ4n) is 1.48. The molecule has 0 spiro atoms. The maximum atomic E-state index is 12.2. The highest BCUT2D eigenvalue weighted by Gasteiger charge is 2.18. The normalized spacial score (nSPS) is 11.3. The maximum absolute atomic E-state index is 12.2. The van der Waals surface area contributed by atoms with Gasteiger partial charge in [0, 0.05) is 9.26 Å². The summed E-state index contributed by atoms with van der Waals surface area (Å²) in [5, 5.41) is 0.0958. The van der Waals surface area contributed by atoms with Crippen LogP contribution in [0.3, 0.4) is 0 Å². The number of para-hydroxylation sites is 1. The lowest BCUT2D eigenvalue weighted by Crippen LogP contribution is -2.14. The minimum atomic E-state index is -3.73. The number of halogens is 2. The van der Waals surface area contributed by atoms with Gasteiger partial charge in [0.15, 0.2) is 0 Å². The van der Waals surface area contributed by atoms with E-state index in [9.17, 15) is 8.42 Å². The molecule has 19 heavy (non-hydrogen) atoms. The van der Waals surface area contributed by atoms with Crippen LogP contribution in [0.1, 0.15) is 0 Å². The van der Waals surface area contributed by atoms with E-state index in [-0.39, 0.29) is 9.92 Å². The molecular weight excluding hydrogens is 399 g/mol. The number of anilines is 2. The summed E-state index contributed by atoms with van der Waals surface area (Å²) in [6.07, 6.45) is 0. The topological polar surface area (TPSA) is 72.2 Å². The van der Waals surface area contributed by atoms with Crippen LogP contribution in [0, 0.1) is 3.57 Å². The average molecular weight is 409 g/mol. The van der Waals surface area contributed by atoms with E-state index in [1.54, 1.807) is 12.1 Å². The van der Waals surface area contributed by atoms with Crippen molar-refractivity contribution < 1.29 is 8.42 Å². The number of nitrogen functional groups attached to an aromatic ring is 1. The van der Waals surface area contributed by atoms with Crippen molar-refractivity contribution in [3.63, 3.8) is 0 Å². The third-order valence-corrected chi connectivity index (χ3v) is 5.15. The van der Waals surface area contributed by atoms with Gasteiger partial charge < -0.3 is 5.73 Å². The van der Waals surface area contributed by atoms with Gasteiger partial charge in [-0.2, -0.15) is 0 Å². The average Bonchev–Trinajstić information content (AvgIpc) is 2.31. The van der Waals surface area contributed by atoms with Gasteiger partial charge in [-0.3, -0.25) is 4.72 Å². The Hall–Kier alpha value is -0.990. The largest absolute Gasteiger partial charge is 0.399 e. The molecule has 0 atom stereocenters. The van der Waals surface area contributed by atoms with Crippen LogP contribution in [0.2, 0.25) is 5.02 Å². The Kier molecular flexibility index (Phi) is 4.22. The summed E-state index contributed by atoms with van der Waals surface area (Å²) in [7, 11) is -3.73. The molecule has 0 unspecified atom stereocenters. The second-order valence-corrected chi connectivity index (χ2v) is 7.00. The van der Waals surface area contributed by atoms with E-state index >= 15 is 0 Å². The van der Waals surface area contributed by atoms with Gasteiger partial charge in [0.2, 0.25) is 0 Å². The van der Waals surface area contributed by atoms with Crippen molar-refractivity contribution in [2.75, 3.05) is 10.5 Å². The molecular formula is C12H10ClIN2O2S. The number of nitrogens with two attached hydrogens (primary N) is 1. The summed E-state index contributed by atoms with van der Waals surface area (Å²) in [5.41, 5.74) is 6.47. The third-order valence-electron chi connectivity index (χ3n) is 2.36. The Bertz CT molecular complexity index is 719. The Balaban J connectivity index is 2.41. The van der Waals surface area contributed by atoms with E-state index in [1.165, 1.54) is 18.2 Å². The van der Waals surface area contributed by atoms with Crippen LogP contribution in [0.25, 0.3) is 0 Å². The highest BCUT2D eigenvalue weighted by Crippen LogP contribution is 2.27. The van der Waals surface area contributed by atoms with Gasteiger partial charge in [0.05, 0.1) is 10.7 Å². The van der Waals surface area contributed by atoms with Crippen LogP contribution in [0.5, 0.6) is 0 Å². The van der Waals surface area contributed by atoms with Gasteiger partial charge in [0.1, 0.15) is 4.90 Å². The molecule has 0 saturated heterocycles. The van der Waals surface area contributed by atoms with Gasteiger partial charge in [-0.25, -0.2) is 8.42 Å². The van der Waals surface area contributed by atoms with E-state index in [1.807, 2.05) is 12.1 Å². The van der Waals surface area contributed by atoms with E-state index < -0.39 is 10.0 Å². The van der Waals surface area contributed by atoms with Crippen molar-refractivity contribution in [2.24, 2.45) is 0 Å². The van der Waals surface area contributed by atoms with Crippen molar-refractivity contribution in [1.29, 1.82) is 0 Å². The molecule has 100 valence electrons. The van der Waals surface area contributed by atoms with Crippen LogP contribution in [-0.4, -0.2) is 8.42 Å². The quantitative estimate of drug-likeness (QED) is 0.604. The van der Waals surface area contributed by atoms with Gasteiger partial charge in [-0.1, -0.05) is 23.7 Å². The fourth-order valence-corrected chi connectivity index (χ4v) is 3.82. The predicted molar refractivity (Wildman–Crippen MR) is 85.8 cm³/mol. The van der Waals surface area contributed by atoms with E-state index in [0.717, 1.165) is 3.57 Å². The number of sulfonamides is 1. The third kappa shape index (κ3) is 3.31. The number of hydrogen-bond donors (Lipinski definition) is 2. The lowest BCUT2D eigenvalue weighted by atomic mass is 10.3. The molecule has 0 fully saturated rings. The zero-order valence-corrected chi connectivity index (χ0v) is 13.3. The van der Waals surface area contributed by atoms with Gasteiger partial charge >= 0.3 is 0 Å². The van der Waals surface area contributed by atoms with Gasteiger partial charge in [-0.15, -0.1) is 0 Å². The number of nitrogens with one attached hydrogen (secondary N) is 1. The highest BCUT2D eigenvalue weighted by atomic mass is 127. The molecule has 2 aromatic rings. The molecule has 0 bridgehead atoms. The molecule has 0 amide bonds. The minimum Gasteiger partial charge on any atom is -0.399 e. The predicted octanol–water partition coefficient (Wildman–Crippen LogP) is 3.33. The standard InChI is InChI=1S/C12H10ClIN2O2S/c13-9-7-8(15)5-6-12(9)19(17,18)16-11-4-2-1-3-10(11)14/h1-7,16H,15H2. The molecule has 0 aromatic heterocycles. The first-order chi connectivity index (χ1) is 8.90. The van der Waals surface area contributed by atoms with Crippen molar-refractivity contribution in [3.8, 4) is 0 Å². The Labute approximate surface area is 130 Å². The Morgan fingerprint density at radius 3 is 2.47 bits per heavy atom. The molecule has 0 aliphatic carbocycles. The van der Waals surface area contributed by atoms with Crippen molar-refractivity contribution in [1.82, 2.24) is 0 Å². The van der Waals surface area contributed by atoms with Gasteiger partial charge in [0.25, 0.3) is 10.0 Å². The van der Waals surface area contributed by atoms with E-state index in [2.05, 4.69) is 27.3 Å². The second-order valence-electron chi connectivity index (χ2n) is 3.78. The second kappa shape index (κ2) is 5.56. The monoisotopic (exact) mass is 408 g/mol. The lowest BCUT2D eigenvalue weighted by Gasteiger charge is -2.11. The Morgan fingerprint density at radius 1 is 1.16 bits per heavy atom. The molecule has 0 aliphatic heterocycles. The first-order valence-corrected chi connectivity index (χ1v) is 8.16. The van der Waals surface area contributed by atoms with Crippen LogP contribution < -0.4 is 10.5 Å². The van der Waals surface area contributed by atoms with Crippen LogP contribution >= 0.6 is 34.2 Å². The summed E-state index contributed by atoms with van der Waals surface area (Å²) >= 11 is 7.97. The lowest BCUT2D eigenvalue weighted by molar-refractivity contribution is 0.601.